The molecular formula is C11H16N4S. The molecule has 0 aliphatic heterocycles. The van der Waals surface area contributed by atoms with Crippen LogP contribution < -0.4 is 5.32 Å². The molecule has 0 spiro atoms. The number of hydrogen-bond acceptors (Lipinski definition) is 3. The highest BCUT2D eigenvalue weighted by Crippen LogP contribution is 2.09. The number of aliphatic imine (C=N–C) groups is 1. The molecule has 0 bridgehead atoms. The van der Waals surface area contributed by atoms with Crippen LogP contribution in [0.4, 0.5) is 0 Å². The van der Waals surface area contributed by atoms with E-state index in [0.29, 0.717) is 6.54 Å². The number of guanidine groups is 1. The number of thiazole rings is 1. The van der Waals surface area contributed by atoms with Crippen LogP contribution in [0.15, 0.2) is 10.4 Å². The normalized spacial score (nSPS) is 11.0. The van der Waals surface area contributed by atoms with Crippen LogP contribution in [0.5, 0.6) is 0 Å². The standard InChI is InChI=1S/C11H16N4S/c1-5-6-13-11(12-3)15(4)7-10-8-16-9(2)14-10/h1,8H,6-7H2,2-4H3,(H,12,13). The Balaban J connectivity index is 2.56. The van der Waals surface area contributed by atoms with E-state index in [9.17, 15) is 0 Å². The van der Waals surface area contributed by atoms with Gasteiger partial charge in [-0.2, -0.15) is 0 Å². The third-order valence-electron chi connectivity index (χ3n) is 1.99. The Morgan fingerprint density at radius 3 is 3.00 bits per heavy atom. The first-order chi connectivity index (χ1) is 7.67. The van der Waals surface area contributed by atoms with Crippen molar-refractivity contribution in [3.8, 4) is 12.3 Å². The maximum atomic E-state index is 5.19. The van der Waals surface area contributed by atoms with Gasteiger partial charge in [-0.3, -0.25) is 4.99 Å². The third kappa shape index (κ3) is 3.55. The second kappa shape index (κ2) is 6.13. The van der Waals surface area contributed by atoms with E-state index in [-0.39, 0.29) is 0 Å². The maximum Gasteiger partial charge on any atom is 0.194 e. The van der Waals surface area contributed by atoms with E-state index in [4.69, 9.17) is 6.42 Å². The zero-order valence-electron chi connectivity index (χ0n) is 9.82. The van der Waals surface area contributed by atoms with Gasteiger partial charge in [0.05, 0.1) is 23.8 Å². The molecule has 86 valence electrons. The molecule has 0 amide bonds. The predicted octanol–water partition coefficient (Wildman–Crippen LogP) is 1.09. The molecular weight excluding hydrogens is 220 g/mol. The summed E-state index contributed by atoms with van der Waals surface area (Å²) >= 11 is 1.65. The first-order valence-corrected chi connectivity index (χ1v) is 5.81. The molecule has 5 heteroatoms. The Kier molecular flexibility index (Phi) is 4.80. The first-order valence-electron chi connectivity index (χ1n) is 4.93. The molecule has 0 aliphatic carbocycles. The van der Waals surface area contributed by atoms with Gasteiger partial charge in [-0.25, -0.2) is 4.98 Å². The molecule has 0 fully saturated rings. The van der Waals surface area contributed by atoms with Crippen LogP contribution in [0.2, 0.25) is 0 Å². The molecule has 0 atom stereocenters. The number of hydrogen-bond donors (Lipinski definition) is 1. The molecule has 0 saturated heterocycles. The minimum atomic E-state index is 0.479. The van der Waals surface area contributed by atoms with E-state index in [1.807, 2.05) is 18.9 Å². The van der Waals surface area contributed by atoms with Crippen LogP contribution in [-0.4, -0.2) is 36.5 Å². The first kappa shape index (κ1) is 12.5. The molecule has 1 heterocycles. The van der Waals surface area contributed by atoms with Crippen LogP contribution in [0.3, 0.4) is 0 Å². The lowest BCUT2D eigenvalue weighted by molar-refractivity contribution is 0.474. The molecule has 0 unspecified atom stereocenters. The van der Waals surface area contributed by atoms with Gasteiger partial charge in [0, 0.05) is 19.5 Å². The maximum absolute atomic E-state index is 5.19. The molecule has 16 heavy (non-hydrogen) atoms. The van der Waals surface area contributed by atoms with Crippen molar-refractivity contribution in [1.29, 1.82) is 0 Å². The van der Waals surface area contributed by atoms with Gasteiger partial charge in [-0.1, -0.05) is 5.92 Å². The minimum Gasteiger partial charge on any atom is -0.345 e. The number of nitrogens with one attached hydrogen (secondary N) is 1. The smallest absolute Gasteiger partial charge is 0.194 e. The van der Waals surface area contributed by atoms with Crippen molar-refractivity contribution in [3.63, 3.8) is 0 Å². The average Bonchev–Trinajstić information content (AvgIpc) is 2.65. The van der Waals surface area contributed by atoms with E-state index in [0.717, 1.165) is 23.2 Å². The Morgan fingerprint density at radius 2 is 2.50 bits per heavy atom. The summed E-state index contributed by atoms with van der Waals surface area (Å²) in [6.07, 6.45) is 5.19. The molecule has 0 saturated carbocycles. The summed E-state index contributed by atoms with van der Waals surface area (Å²) in [6.45, 7) is 3.21. The van der Waals surface area contributed by atoms with Crippen LogP contribution >= 0.6 is 11.3 Å². The molecule has 1 N–H and O–H groups in total. The second-order valence-electron chi connectivity index (χ2n) is 3.32. The summed E-state index contributed by atoms with van der Waals surface area (Å²) in [4.78, 5) is 10.5. The summed E-state index contributed by atoms with van der Waals surface area (Å²) in [5, 5.41) is 6.20. The zero-order chi connectivity index (χ0) is 12.0. The highest BCUT2D eigenvalue weighted by atomic mass is 32.1. The lowest BCUT2D eigenvalue weighted by atomic mass is 10.4. The molecule has 1 aromatic heterocycles. The third-order valence-corrected chi connectivity index (χ3v) is 2.81. The molecule has 1 aromatic rings. The Hall–Kier alpha value is -1.54. The fraction of sp³-hybridized carbons (Fsp3) is 0.455. The van der Waals surface area contributed by atoms with Crippen LogP contribution in [-0.2, 0) is 6.54 Å². The highest BCUT2D eigenvalue weighted by Gasteiger charge is 2.07. The molecule has 1 rings (SSSR count). The number of nitrogens with zero attached hydrogens (tertiary/aromatic N) is 3. The lowest BCUT2D eigenvalue weighted by Crippen LogP contribution is -2.38. The van der Waals surface area contributed by atoms with Crippen molar-refractivity contribution in [1.82, 2.24) is 15.2 Å². The fourth-order valence-electron chi connectivity index (χ4n) is 1.31. The predicted molar refractivity (Wildman–Crippen MR) is 68.5 cm³/mol. The Bertz CT molecular complexity index is 402. The van der Waals surface area contributed by atoms with Crippen molar-refractivity contribution < 1.29 is 0 Å². The van der Waals surface area contributed by atoms with E-state index < -0.39 is 0 Å². The number of aromatic nitrogens is 1. The SMILES string of the molecule is C#CCNC(=NC)N(C)Cc1csc(C)n1. The number of terminal acetylenes is 1. The summed E-state index contributed by atoms with van der Waals surface area (Å²) < 4.78 is 0. The van der Waals surface area contributed by atoms with Gasteiger partial charge in [0.25, 0.3) is 0 Å². The van der Waals surface area contributed by atoms with Crippen molar-refractivity contribution in [2.45, 2.75) is 13.5 Å². The van der Waals surface area contributed by atoms with Gasteiger partial charge in [-0.05, 0) is 6.92 Å². The zero-order valence-corrected chi connectivity index (χ0v) is 10.6. The minimum absolute atomic E-state index is 0.479. The van der Waals surface area contributed by atoms with E-state index in [1.165, 1.54) is 0 Å². The summed E-state index contributed by atoms with van der Waals surface area (Å²) in [5.74, 6) is 3.30. The van der Waals surface area contributed by atoms with Gasteiger partial charge >= 0.3 is 0 Å². The monoisotopic (exact) mass is 236 g/mol. The van der Waals surface area contributed by atoms with E-state index >= 15 is 0 Å². The van der Waals surface area contributed by atoms with Crippen molar-refractivity contribution in [2.75, 3.05) is 20.6 Å². The van der Waals surface area contributed by atoms with E-state index in [1.54, 1.807) is 18.4 Å². The topological polar surface area (TPSA) is 40.5 Å². The lowest BCUT2D eigenvalue weighted by Gasteiger charge is -2.20. The van der Waals surface area contributed by atoms with Crippen LogP contribution in [0.1, 0.15) is 10.7 Å². The molecule has 4 nitrogen and oxygen atoms in total. The van der Waals surface area contributed by atoms with Gasteiger partial charge < -0.3 is 10.2 Å². The van der Waals surface area contributed by atoms with Gasteiger partial charge in [0.1, 0.15) is 0 Å². The fourth-order valence-corrected chi connectivity index (χ4v) is 1.92. The molecule has 0 radical (unpaired) electrons. The number of rotatable bonds is 3. The van der Waals surface area contributed by atoms with Gasteiger partial charge in [0.15, 0.2) is 5.96 Å². The van der Waals surface area contributed by atoms with Gasteiger partial charge in [-0.15, -0.1) is 17.8 Å². The van der Waals surface area contributed by atoms with Gasteiger partial charge in [0.2, 0.25) is 0 Å². The van der Waals surface area contributed by atoms with Crippen LogP contribution in [0, 0.1) is 19.3 Å². The summed E-state index contributed by atoms with van der Waals surface area (Å²) in [6, 6.07) is 0. The Labute approximate surface area is 100 Å². The molecule has 0 aliphatic rings. The average molecular weight is 236 g/mol. The summed E-state index contributed by atoms with van der Waals surface area (Å²) in [5.41, 5.74) is 1.05. The largest absolute Gasteiger partial charge is 0.345 e. The quantitative estimate of drug-likeness (QED) is 0.485. The highest BCUT2D eigenvalue weighted by molar-refractivity contribution is 7.09. The second-order valence-corrected chi connectivity index (χ2v) is 4.38. The molecule has 0 aromatic carbocycles. The van der Waals surface area contributed by atoms with Crippen molar-refractivity contribution >= 4 is 17.3 Å². The van der Waals surface area contributed by atoms with Crippen molar-refractivity contribution in [2.24, 2.45) is 4.99 Å². The summed E-state index contributed by atoms with van der Waals surface area (Å²) in [7, 11) is 3.70. The Morgan fingerprint density at radius 1 is 1.75 bits per heavy atom. The van der Waals surface area contributed by atoms with Crippen LogP contribution in [0.25, 0.3) is 0 Å². The van der Waals surface area contributed by atoms with Crippen molar-refractivity contribution in [3.05, 3.63) is 16.1 Å². The van der Waals surface area contributed by atoms with E-state index in [2.05, 4.69) is 26.6 Å². The number of aryl methyl sites for hydroxylation is 1.